The second-order valence-electron chi connectivity index (χ2n) is 4.90. The quantitative estimate of drug-likeness (QED) is 0.876. The zero-order valence-corrected chi connectivity index (χ0v) is 11.4. The van der Waals surface area contributed by atoms with Gasteiger partial charge < -0.3 is 15.4 Å². The van der Waals surface area contributed by atoms with Gasteiger partial charge in [0, 0.05) is 25.3 Å². The highest BCUT2D eigenvalue weighted by molar-refractivity contribution is 6.01. The molecule has 0 bridgehead atoms. The number of amides is 2. The predicted molar refractivity (Wildman–Crippen MR) is 71.9 cm³/mol. The Morgan fingerprint density at radius 3 is 3.05 bits per heavy atom. The Bertz CT molecular complexity index is 533. The lowest BCUT2D eigenvalue weighted by Crippen LogP contribution is -2.41. The van der Waals surface area contributed by atoms with Crippen LogP contribution >= 0.6 is 0 Å². The normalized spacial score (nSPS) is 18.9. The summed E-state index contributed by atoms with van der Waals surface area (Å²) in [6, 6.07) is 3.90. The molecule has 2 amide bonds. The Morgan fingerprint density at radius 2 is 2.35 bits per heavy atom. The Hall–Kier alpha value is -1.95. The van der Waals surface area contributed by atoms with Crippen molar-refractivity contribution in [2.24, 2.45) is 0 Å². The van der Waals surface area contributed by atoms with E-state index in [2.05, 4.69) is 10.6 Å². The Labute approximate surface area is 116 Å². The molecule has 0 unspecified atom stereocenters. The van der Waals surface area contributed by atoms with Crippen LogP contribution in [-0.2, 0) is 14.3 Å². The minimum absolute atomic E-state index is 0.0597. The monoisotopic (exact) mass is 280 g/mol. The third-order valence-corrected chi connectivity index (χ3v) is 3.18. The van der Waals surface area contributed by atoms with Gasteiger partial charge in [-0.2, -0.15) is 0 Å². The molecule has 0 spiro atoms. The van der Waals surface area contributed by atoms with Crippen LogP contribution in [0.15, 0.2) is 18.2 Å². The van der Waals surface area contributed by atoms with Gasteiger partial charge in [-0.3, -0.25) is 9.59 Å². The molecule has 1 aliphatic rings. The Kier molecular flexibility index (Phi) is 4.34. The van der Waals surface area contributed by atoms with Crippen molar-refractivity contribution in [1.82, 2.24) is 5.32 Å². The first-order valence-electron chi connectivity index (χ1n) is 6.40. The average Bonchev–Trinajstić information content (AvgIpc) is 2.37. The molecule has 2 rings (SSSR count). The van der Waals surface area contributed by atoms with Crippen molar-refractivity contribution in [2.75, 3.05) is 19.0 Å². The molecule has 1 aliphatic heterocycles. The van der Waals surface area contributed by atoms with Crippen LogP contribution in [0.3, 0.4) is 0 Å². The van der Waals surface area contributed by atoms with Gasteiger partial charge in [0.05, 0.1) is 12.5 Å². The number of anilines is 1. The summed E-state index contributed by atoms with van der Waals surface area (Å²) in [5, 5.41) is 5.37. The van der Waals surface area contributed by atoms with Crippen molar-refractivity contribution in [1.29, 1.82) is 0 Å². The lowest BCUT2D eigenvalue weighted by Gasteiger charge is -2.26. The number of halogens is 1. The van der Waals surface area contributed by atoms with Gasteiger partial charge in [0.1, 0.15) is 5.82 Å². The summed E-state index contributed by atoms with van der Waals surface area (Å²) in [6.07, 6.45) is 0.0597. The first-order valence-corrected chi connectivity index (χ1v) is 6.40. The van der Waals surface area contributed by atoms with Crippen LogP contribution in [0.5, 0.6) is 0 Å². The molecule has 20 heavy (non-hydrogen) atoms. The van der Waals surface area contributed by atoms with E-state index < -0.39 is 11.7 Å². The number of fused-ring (bicyclic) bond motifs is 1. The fraction of sp³-hybridized carbons (Fsp3) is 0.429. The number of benzene rings is 1. The maximum Gasteiger partial charge on any atom is 0.228 e. The third-order valence-electron chi connectivity index (χ3n) is 3.18. The highest BCUT2D eigenvalue weighted by atomic mass is 19.1. The van der Waals surface area contributed by atoms with Crippen LogP contribution in [0.25, 0.3) is 0 Å². The third kappa shape index (κ3) is 3.14. The van der Waals surface area contributed by atoms with E-state index in [1.54, 1.807) is 7.11 Å². The smallest absolute Gasteiger partial charge is 0.228 e. The van der Waals surface area contributed by atoms with E-state index in [0.29, 0.717) is 17.9 Å². The molecule has 5 nitrogen and oxygen atoms in total. The molecule has 0 aromatic heterocycles. The van der Waals surface area contributed by atoms with Crippen LogP contribution < -0.4 is 10.6 Å². The summed E-state index contributed by atoms with van der Waals surface area (Å²) in [5.41, 5.74) is 0.994. The summed E-state index contributed by atoms with van der Waals surface area (Å²) in [4.78, 5) is 23.9. The van der Waals surface area contributed by atoms with Crippen LogP contribution in [0, 0.1) is 5.82 Å². The Morgan fingerprint density at radius 1 is 1.60 bits per heavy atom. The molecule has 6 heteroatoms. The van der Waals surface area contributed by atoms with E-state index in [1.807, 2.05) is 6.92 Å². The van der Waals surface area contributed by atoms with Crippen LogP contribution in [-0.4, -0.2) is 31.6 Å². The fourth-order valence-corrected chi connectivity index (χ4v) is 2.31. The topological polar surface area (TPSA) is 67.4 Å². The maximum absolute atomic E-state index is 13.2. The summed E-state index contributed by atoms with van der Waals surface area (Å²) >= 11 is 0. The number of hydrogen-bond donors (Lipinski definition) is 2. The zero-order valence-electron chi connectivity index (χ0n) is 11.4. The first-order chi connectivity index (χ1) is 9.51. The molecular weight excluding hydrogens is 263 g/mol. The van der Waals surface area contributed by atoms with Gasteiger partial charge in [0.25, 0.3) is 0 Å². The molecule has 1 heterocycles. The number of carbonyl (C=O) groups is 2. The van der Waals surface area contributed by atoms with Crippen molar-refractivity contribution in [3.63, 3.8) is 0 Å². The standard InChI is InChI=1S/C14H17FN2O3/c1-8(7-20-2)16-14(19)11-6-13(18)17-12-5-9(15)3-4-10(11)12/h3-5,8,11H,6-7H2,1-2H3,(H,16,19)(H,17,18)/t8-,11-/m0/s1. The molecule has 0 radical (unpaired) electrons. The predicted octanol–water partition coefficient (Wildman–Crippen LogP) is 1.40. The molecule has 1 aromatic rings. The largest absolute Gasteiger partial charge is 0.383 e. The number of nitrogens with one attached hydrogen (secondary N) is 2. The van der Waals surface area contributed by atoms with Gasteiger partial charge in [-0.25, -0.2) is 4.39 Å². The molecule has 1 aromatic carbocycles. The van der Waals surface area contributed by atoms with E-state index in [0.717, 1.165) is 0 Å². The second kappa shape index (κ2) is 6.00. The van der Waals surface area contributed by atoms with Crippen LogP contribution in [0.4, 0.5) is 10.1 Å². The summed E-state index contributed by atoms with van der Waals surface area (Å²) < 4.78 is 18.1. The lowest BCUT2D eigenvalue weighted by atomic mass is 9.89. The van der Waals surface area contributed by atoms with E-state index in [9.17, 15) is 14.0 Å². The van der Waals surface area contributed by atoms with Gasteiger partial charge in [0.15, 0.2) is 0 Å². The average molecular weight is 280 g/mol. The van der Waals surface area contributed by atoms with Crippen molar-refractivity contribution >= 4 is 17.5 Å². The molecule has 0 saturated carbocycles. The number of rotatable bonds is 4. The molecule has 0 fully saturated rings. The highest BCUT2D eigenvalue weighted by Gasteiger charge is 2.31. The van der Waals surface area contributed by atoms with Gasteiger partial charge in [-0.15, -0.1) is 0 Å². The SMILES string of the molecule is COC[C@H](C)NC(=O)[C@H]1CC(=O)Nc2cc(F)ccc21. The van der Waals surface area contributed by atoms with Crippen molar-refractivity contribution < 1.29 is 18.7 Å². The lowest BCUT2D eigenvalue weighted by molar-refractivity contribution is -0.127. The zero-order chi connectivity index (χ0) is 14.7. The Balaban J connectivity index is 2.20. The molecule has 2 atom stereocenters. The summed E-state index contributed by atoms with van der Waals surface area (Å²) in [6.45, 7) is 2.21. The number of carbonyl (C=O) groups excluding carboxylic acids is 2. The minimum atomic E-state index is -0.598. The van der Waals surface area contributed by atoms with Gasteiger partial charge >= 0.3 is 0 Å². The summed E-state index contributed by atoms with van der Waals surface area (Å²) in [5.74, 6) is -1.59. The van der Waals surface area contributed by atoms with Gasteiger partial charge in [-0.1, -0.05) is 6.07 Å². The second-order valence-corrected chi connectivity index (χ2v) is 4.90. The molecule has 0 aliphatic carbocycles. The molecule has 108 valence electrons. The van der Waals surface area contributed by atoms with Crippen molar-refractivity contribution in [3.05, 3.63) is 29.6 Å². The molecule has 2 N–H and O–H groups in total. The number of methoxy groups -OCH3 is 1. The highest BCUT2D eigenvalue weighted by Crippen LogP contribution is 2.32. The van der Waals surface area contributed by atoms with Crippen LogP contribution in [0.1, 0.15) is 24.8 Å². The van der Waals surface area contributed by atoms with E-state index >= 15 is 0 Å². The van der Waals surface area contributed by atoms with E-state index in [-0.39, 0.29) is 24.3 Å². The number of ether oxygens (including phenoxy) is 1. The summed E-state index contributed by atoms with van der Waals surface area (Å²) in [7, 11) is 1.55. The molecular formula is C14H17FN2O3. The fourth-order valence-electron chi connectivity index (χ4n) is 2.31. The molecule has 0 saturated heterocycles. The van der Waals surface area contributed by atoms with Crippen LogP contribution in [0.2, 0.25) is 0 Å². The van der Waals surface area contributed by atoms with Gasteiger partial charge in [-0.05, 0) is 24.6 Å². The first kappa shape index (κ1) is 14.5. The maximum atomic E-state index is 13.2. The van der Waals surface area contributed by atoms with Crippen molar-refractivity contribution in [3.8, 4) is 0 Å². The van der Waals surface area contributed by atoms with E-state index in [1.165, 1.54) is 18.2 Å². The van der Waals surface area contributed by atoms with E-state index in [4.69, 9.17) is 4.74 Å². The number of hydrogen-bond acceptors (Lipinski definition) is 3. The van der Waals surface area contributed by atoms with Crippen molar-refractivity contribution in [2.45, 2.75) is 25.3 Å². The van der Waals surface area contributed by atoms with Gasteiger partial charge in [0.2, 0.25) is 11.8 Å². The minimum Gasteiger partial charge on any atom is -0.383 e.